The third kappa shape index (κ3) is 5.85. The molecule has 2 heteroatoms. The Morgan fingerprint density at radius 3 is 1.23 bits per heavy atom. The largest absolute Gasteiger partial charge is 0.264 e. The van der Waals surface area contributed by atoms with E-state index in [0.717, 1.165) is 33.4 Å². The zero-order chi connectivity index (χ0) is 35.0. The second kappa shape index (κ2) is 13.2. The minimum Gasteiger partial charge on any atom is -0.264 e. The van der Waals surface area contributed by atoms with Crippen molar-refractivity contribution in [1.29, 1.82) is 0 Å². The van der Waals surface area contributed by atoms with Gasteiger partial charge in [-0.05, 0) is 126 Å². The van der Waals surface area contributed by atoms with Crippen molar-refractivity contribution in [3.63, 3.8) is 0 Å². The molecule has 2 aromatic heterocycles. The maximum atomic E-state index is 4.45. The number of rotatable bonds is 6. The highest BCUT2D eigenvalue weighted by Gasteiger charge is 2.18. The average Bonchev–Trinajstić information content (AvgIpc) is 3.20. The van der Waals surface area contributed by atoms with E-state index in [9.17, 15) is 0 Å². The summed E-state index contributed by atoms with van der Waals surface area (Å²) >= 11 is 0. The molecular formula is C50H36N2. The molecule has 2 nitrogen and oxygen atoms in total. The van der Waals surface area contributed by atoms with Gasteiger partial charge in [-0.15, -0.1) is 0 Å². The Hall–Kier alpha value is -6.64. The zero-order valence-corrected chi connectivity index (χ0v) is 29.2. The molecule has 0 saturated carbocycles. The number of nitrogens with zero attached hydrogens (tertiary/aromatic N) is 2. The Morgan fingerprint density at radius 2 is 0.673 bits per heavy atom. The molecule has 0 aliphatic carbocycles. The van der Waals surface area contributed by atoms with Gasteiger partial charge in [-0.1, -0.05) is 133 Å². The molecule has 52 heavy (non-hydrogen) atoms. The predicted molar refractivity (Wildman–Crippen MR) is 219 cm³/mol. The molecule has 0 atom stereocenters. The standard InChI is InChI=1S/C50H36N2/c1-33-25-43(31-51-29-33)36-15-19-38(20-16-36)49-45-13-6-7-14-46(45)50(39-21-17-37(18-22-39)44-26-34(2)30-52-32-44)48-28-42(23-24-47(48)49)41-12-8-11-40(27-41)35-9-4-3-5-10-35/h3-32H,1-2H3. The molecule has 0 radical (unpaired) electrons. The van der Waals surface area contributed by atoms with Crippen molar-refractivity contribution in [2.45, 2.75) is 13.8 Å². The second-order valence-electron chi connectivity index (χ2n) is 13.7. The van der Waals surface area contributed by atoms with E-state index in [0.29, 0.717) is 0 Å². The quantitative estimate of drug-likeness (QED) is 0.165. The number of aromatic nitrogens is 2. The molecule has 0 saturated heterocycles. The zero-order valence-electron chi connectivity index (χ0n) is 29.2. The van der Waals surface area contributed by atoms with Crippen LogP contribution in [0.1, 0.15) is 11.1 Å². The lowest BCUT2D eigenvalue weighted by atomic mass is 9.84. The van der Waals surface area contributed by atoms with Crippen LogP contribution in [0.2, 0.25) is 0 Å². The Kier molecular flexibility index (Phi) is 7.98. The summed E-state index contributed by atoms with van der Waals surface area (Å²) in [6.07, 6.45) is 7.68. The molecule has 9 rings (SSSR count). The van der Waals surface area contributed by atoms with Crippen molar-refractivity contribution < 1.29 is 0 Å². The smallest absolute Gasteiger partial charge is 0.0346 e. The van der Waals surface area contributed by atoms with Crippen molar-refractivity contribution in [1.82, 2.24) is 9.97 Å². The third-order valence-electron chi connectivity index (χ3n) is 10.1. The fraction of sp³-hybridized carbons (Fsp3) is 0.0400. The molecule has 246 valence electrons. The lowest BCUT2D eigenvalue weighted by molar-refractivity contribution is 1.27. The number of benzene rings is 7. The SMILES string of the molecule is Cc1cncc(-c2ccc(-c3c4ccccc4c(-c4ccc(-c5cncc(C)c5)cc4)c4cc(-c5cccc(-c6ccccc6)c5)ccc34)cc2)c1. The molecule has 0 fully saturated rings. The van der Waals surface area contributed by atoms with E-state index in [1.54, 1.807) is 0 Å². The van der Waals surface area contributed by atoms with Crippen molar-refractivity contribution in [2.75, 3.05) is 0 Å². The van der Waals surface area contributed by atoms with Crippen LogP contribution in [0.5, 0.6) is 0 Å². The normalized spacial score (nSPS) is 11.3. The van der Waals surface area contributed by atoms with Crippen LogP contribution >= 0.6 is 0 Å². The van der Waals surface area contributed by atoms with Crippen LogP contribution < -0.4 is 0 Å². The van der Waals surface area contributed by atoms with E-state index in [2.05, 4.69) is 182 Å². The Balaban J connectivity index is 1.26. The summed E-state index contributed by atoms with van der Waals surface area (Å²) < 4.78 is 0. The lowest BCUT2D eigenvalue weighted by Crippen LogP contribution is -1.92. The van der Waals surface area contributed by atoms with Crippen LogP contribution in [0.15, 0.2) is 183 Å². The molecule has 0 unspecified atom stereocenters. The van der Waals surface area contributed by atoms with Crippen molar-refractivity contribution >= 4 is 21.5 Å². The van der Waals surface area contributed by atoms with Gasteiger partial charge in [-0.3, -0.25) is 9.97 Å². The van der Waals surface area contributed by atoms with Crippen LogP contribution in [-0.2, 0) is 0 Å². The van der Waals surface area contributed by atoms with Crippen LogP contribution in [0.4, 0.5) is 0 Å². The van der Waals surface area contributed by atoms with Crippen LogP contribution in [0.25, 0.3) is 88.3 Å². The first-order valence-corrected chi connectivity index (χ1v) is 17.8. The summed E-state index contributed by atoms with van der Waals surface area (Å²) in [5, 5.41) is 4.93. The predicted octanol–water partition coefficient (Wildman–Crippen LogP) is 13.4. The van der Waals surface area contributed by atoms with Gasteiger partial charge in [0, 0.05) is 35.9 Å². The molecular weight excluding hydrogens is 629 g/mol. The maximum absolute atomic E-state index is 4.45. The van der Waals surface area contributed by atoms with Crippen molar-refractivity contribution in [3.05, 3.63) is 194 Å². The number of hydrogen-bond acceptors (Lipinski definition) is 2. The molecule has 2 heterocycles. The maximum Gasteiger partial charge on any atom is 0.0346 e. The van der Waals surface area contributed by atoms with Gasteiger partial charge in [0.15, 0.2) is 0 Å². The number of hydrogen-bond donors (Lipinski definition) is 0. The lowest BCUT2D eigenvalue weighted by Gasteiger charge is -2.19. The van der Waals surface area contributed by atoms with Gasteiger partial charge >= 0.3 is 0 Å². The first-order chi connectivity index (χ1) is 25.6. The Labute approximate surface area is 304 Å². The van der Waals surface area contributed by atoms with E-state index < -0.39 is 0 Å². The molecule has 0 spiro atoms. The first kappa shape index (κ1) is 31.3. The highest BCUT2D eigenvalue weighted by molar-refractivity contribution is 6.22. The molecule has 0 bridgehead atoms. The van der Waals surface area contributed by atoms with Gasteiger partial charge in [-0.2, -0.15) is 0 Å². The Bertz CT molecular complexity index is 2730. The van der Waals surface area contributed by atoms with Gasteiger partial charge < -0.3 is 0 Å². The first-order valence-electron chi connectivity index (χ1n) is 17.8. The van der Waals surface area contributed by atoms with E-state index >= 15 is 0 Å². The van der Waals surface area contributed by atoms with Gasteiger partial charge in [0.05, 0.1) is 0 Å². The minimum atomic E-state index is 1.13. The highest BCUT2D eigenvalue weighted by atomic mass is 14.6. The summed E-state index contributed by atoms with van der Waals surface area (Å²) in [7, 11) is 0. The molecule has 0 aliphatic rings. The van der Waals surface area contributed by atoms with E-state index in [-0.39, 0.29) is 0 Å². The number of aryl methyl sites for hydroxylation is 2. The minimum absolute atomic E-state index is 1.13. The number of pyridine rings is 2. The molecule has 9 aromatic rings. The molecule has 0 amide bonds. The van der Waals surface area contributed by atoms with Gasteiger partial charge in [0.25, 0.3) is 0 Å². The summed E-state index contributed by atoms with van der Waals surface area (Å²) in [5.41, 5.74) is 16.6. The van der Waals surface area contributed by atoms with Gasteiger partial charge in [0.1, 0.15) is 0 Å². The van der Waals surface area contributed by atoms with E-state index in [1.165, 1.54) is 66.1 Å². The summed E-state index contributed by atoms with van der Waals surface area (Å²) in [5.74, 6) is 0. The highest BCUT2D eigenvalue weighted by Crippen LogP contribution is 2.45. The Morgan fingerprint density at radius 1 is 0.269 bits per heavy atom. The van der Waals surface area contributed by atoms with Crippen LogP contribution in [0.3, 0.4) is 0 Å². The van der Waals surface area contributed by atoms with Crippen LogP contribution in [0, 0.1) is 13.8 Å². The average molecular weight is 665 g/mol. The van der Waals surface area contributed by atoms with Gasteiger partial charge in [-0.25, -0.2) is 0 Å². The summed E-state index contributed by atoms with van der Waals surface area (Å²) in [4.78, 5) is 8.89. The summed E-state index contributed by atoms with van der Waals surface area (Å²) in [6, 6.07) is 57.7. The fourth-order valence-corrected chi connectivity index (χ4v) is 7.57. The van der Waals surface area contributed by atoms with Crippen molar-refractivity contribution in [3.8, 4) is 66.8 Å². The monoisotopic (exact) mass is 664 g/mol. The number of fused-ring (bicyclic) bond motifs is 2. The van der Waals surface area contributed by atoms with Gasteiger partial charge in [0.2, 0.25) is 0 Å². The van der Waals surface area contributed by atoms with E-state index in [1.807, 2.05) is 24.8 Å². The topological polar surface area (TPSA) is 25.8 Å². The summed E-state index contributed by atoms with van der Waals surface area (Å²) in [6.45, 7) is 4.18. The van der Waals surface area contributed by atoms with Crippen molar-refractivity contribution in [2.24, 2.45) is 0 Å². The second-order valence-corrected chi connectivity index (χ2v) is 13.7. The third-order valence-corrected chi connectivity index (χ3v) is 10.1. The fourth-order valence-electron chi connectivity index (χ4n) is 7.57. The van der Waals surface area contributed by atoms with Crippen LogP contribution in [-0.4, -0.2) is 9.97 Å². The van der Waals surface area contributed by atoms with E-state index in [4.69, 9.17) is 0 Å². The molecule has 0 aliphatic heterocycles. The molecule has 7 aromatic carbocycles. The molecule has 0 N–H and O–H groups in total.